The molecular formula is C15H20N2O4. The summed E-state index contributed by atoms with van der Waals surface area (Å²) in [5.74, 6) is -0.0951. The van der Waals surface area contributed by atoms with Gasteiger partial charge in [0.25, 0.3) is 11.6 Å². The Bertz CT molecular complexity index is 495. The van der Waals surface area contributed by atoms with E-state index in [4.69, 9.17) is 4.74 Å². The number of ether oxygens (including phenoxy) is 1. The molecule has 1 fully saturated rings. The minimum absolute atomic E-state index is 0.00674. The van der Waals surface area contributed by atoms with Crippen LogP contribution in [-0.4, -0.2) is 41.5 Å². The summed E-state index contributed by atoms with van der Waals surface area (Å²) >= 11 is 0. The van der Waals surface area contributed by atoms with E-state index in [0.29, 0.717) is 18.7 Å². The van der Waals surface area contributed by atoms with E-state index in [1.807, 2.05) is 6.92 Å². The van der Waals surface area contributed by atoms with E-state index in [9.17, 15) is 14.9 Å². The van der Waals surface area contributed by atoms with Crippen LogP contribution in [0.5, 0.6) is 0 Å². The van der Waals surface area contributed by atoms with Crippen LogP contribution in [-0.2, 0) is 4.74 Å². The van der Waals surface area contributed by atoms with Crippen LogP contribution in [0.15, 0.2) is 24.3 Å². The van der Waals surface area contributed by atoms with Gasteiger partial charge in [0.2, 0.25) is 0 Å². The van der Waals surface area contributed by atoms with Crippen molar-refractivity contribution < 1.29 is 14.5 Å². The first-order chi connectivity index (χ1) is 10.1. The molecule has 1 aliphatic rings. The summed E-state index contributed by atoms with van der Waals surface area (Å²) < 4.78 is 5.58. The lowest BCUT2D eigenvalue weighted by atomic mass is 10.1. The van der Waals surface area contributed by atoms with Crippen LogP contribution in [0.1, 0.15) is 36.5 Å². The summed E-state index contributed by atoms with van der Waals surface area (Å²) in [6.07, 6.45) is 2.99. The molecule has 0 radical (unpaired) electrons. The van der Waals surface area contributed by atoms with Gasteiger partial charge in [-0.15, -0.1) is 0 Å². The lowest BCUT2D eigenvalue weighted by Crippen LogP contribution is -2.37. The average molecular weight is 292 g/mol. The Hall–Kier alpha value is -1.95. The van der Waals surface area contributed by atoms with Gasteiger partial charge in [0, 0.05) is 37.4 Å². The maximum atomic E-state index is 12.5. The Morgan fingerprint density at radius 2 is 2.14 bits per heavy atom. The van der Waals surface area contributed by atoms with Crippen molar-refractivity contribution in [3.05, 3.63) is 39.9 Å². The zero-order chi connectivity index (χ0) is 15.2. The number of nitrogens with zero attached hydrogens (tertiary/aromatic N) is 2. The van der Waals surface area contributed by atoms with Crippen molar-refractivity contribution in [2.45, 2.75) is 32.3 Å². The van der Waals surface area contributed by atoms with Gasteiger partial charge in [-0.05, 0) is 31.4 Å². The summed E-state index contributed by atoms with van der Waals surface area (Å²) in [6.45, 7) is 4.03. The summed E-state index contributed by atoms with van der Waals surface area (Å²) in [7, 11) is 0. The molecule has 0 bridgehead atoms. The molecule has 6 nitrogen and oxygen atoms in total. The van der Waals surface area contributed by atoms with Crippen LogP contribution in [0.25, 0.3) is 0 Å². The molecule has 0 aromatic heterocycles. The van der Waals surface area contributed by atoms with E-state index < -0.39 is 4.92 Å². The zero-order valence-electron chi connectivity index (χ0n) is 12.2. The van der Waals surface area contributed by atoms with E-state index in [0.717, 1.165) is 25.9 Å². The van der Waals surface area contributed by atoms with Crippen molar-refractivity contribution in [2.75, 3.05) is 19.7 Å². The molecule has 0 aliphatic carbocycles. The fourth-order valence-corrected chi connectivity index (χ4v) is 2.49. The second-order valence-corrected chi connectivity index (χ2v) is 5.19. The first kappa shape index (κ1) is 15.4. The predicted molar refractivity (Wildman–Crippen MR) is 78.3 cm³/mol. The molecule has 1 amide bonds. The van der Waals surface area contributed by atoms with Crippen molar-refractivity contribution >= 4 is 11.6 Å². The van der Waals surface area contributed by atoms with Gasteiger partial charge in [0.15, 0.2) is 0 Å². The van der Waals surface area contributed by atoms with Crippen molar-refractivity contribution in [3.8, 4) is 0 Å². The Labute approximate surface area is 123 Å². The highest BCUT2D eigenvalue weighted by Crippen LogP contribution is 2.17. The van der Waals surface area contributed by atoms with Crippen LogP contribution in [0.3, 0.4) is 0 Å². The SMILES string of the molecule is CCCN(CC1CCCO1)C(=O)c1ccc([N+](=O)[O-])cc1. The van der Waals surface area contributed by atoms with Gasteiger partial charge in [0.1, 0.15) is 0 Å². The van der Waals surface area contributed by atoms with E-state index in [-0.39, 0.29) is 17.7 Å². The van der Waals surface area contributed by atoms with Crippen LogP contribution >= 0.6 is 0 Å². The topological polar surface area (TPSA) is 72.7 Å². The molecule has 1 atom stereocenters. The van der Waals surface area contributed by atoms with Crippen LogP contribution < -0.4 is 0 Å². The molecule has 1 heterocycles. The quantitative estimate of drug-likeness (QED) is 0.597. The fraction of sp³-hybridized carbons (Fsp3) is 0.533. The molecule has 1 aromatic rings. The number of hydrogen-bond donors (Lipinski definition) is 0. The van der Waals surface area contributed by atoms with Crippen LogP contribution in [0, 0.1) is 10.1 Å². The van der Waals surface area contributed by atoms with Crippen molar-refractivity contribution in [2.24, 2.45) is 0 Å². The maximum absolute atomic E-state index is 12.5. The third-order valence-electron chi connectivity index (χ3n) is 3.55. The molecule has 2 rings (SSSR count). The fourth-order valence-electron chi connectivity index (χ4n) is 2.49. The van der Waals surface area contributed by atoms with Gasteiger partial charge in [-0.25, -0.2) is 0 Å². The molecule has 6 heteroatoms. The molecule has 0 spiro atoms. The van der Waals surface area contributed by atoms with Gasteiger partial charge in [-0.2, -0.15) is 0 Å². The molecule has 1 saturated heterocycles. The smallest absolute Gasteiger partial charge is 0.269 e. The second-order valence-electron chi connectivity index (χ2n) is 5.19. The maximum Gasteiger partial charge on any atom is 0.269 e. The van der Waals surface area contributed by atoms with Gasteiger partial charge in [-0.1, -0.05) is 6.92 Å². The minimum atomic E-state index is -0.468. The van der Waals surface area contributed by atoms with Crippen LogP contribution in [0.2, 0.25) is 0 Å². The Morgan fingerprint density at radius 1 is 1.43 bits per heavy atom. The van der Waals surface area contributed by atoms with Gasteiger partial charge in [0.05, 0.1) is 11.0 Å². The molecule has 1 aromatic carbocycles. The van der Waals surface area contributed by atoms with E-state index in [1.165, 1.54) is 24.3 Å². The molecule has 21 heavy (non-hydrogen) atoms. The Kier molecular flexibility index (Phi) is 5.27. The number of rotatable bonds is 6. The number of benzene rings is 1. The third kappa shape index (κ3) is 4.01. The monoisotopic (exact) mass is 292 g/mol. The van der Waals surface area contributed by atoms with Crippen molar-refractivity contribution in [1.29, 1.82) is 0 Å². The average Bonchev–Trinajstić information content (AvgIpc) is 2.99. The number of nitro benzene ring substituents is 1. The van der Waals surface area contributed by atoms with Gasteiger partial charge >= 0.3 is 0 Å². The Balaban J connectivity index is 2.07. The van der Waals surface area contributed by atoms with Gasteiger partial charge < -0.3 is 9.64 Å². The normalized spacial score (nSPS) is 17.7. The van der Waals surface area contributed by atoms with Crippen LogP contribution in [0.4, 0.5) is 5.69 Å². The summed E-state index contributed by atoms with van der Waals surface area (Å²) in [5.41, 5.74) is 0.472. The highest BCUT2D eigenvalue weighted by molar-refractivity contribution is 5.94. The molecule has 114 valence electrons. The molecular weight excluding hydrogens is 272 g/mol. The molecule has 1 unspecified atom stereocenters. The van der Waals surface area contributed by atoms with E-state index in [2.05, 4.69) is 0 Å². The first-order valence-corrected chi connectivity index (χ1v) is 7.27. The van der Waals surface area contributed by atoms with Crippen molar-refractivity contribution in [1.82, 2.24) is 4.90 Å². The number of non-ortho nitro benzene ring substituents is 1. The molecule has 1 aliphatic heterocycles. The number of nitro groups is 1. The standard InChI is InChI=1S/C15H20N2O4/c1-2-9-16(11-14-4-3-10-21-14)15(18)12-5-7-13(8-6-12)17(19)20/h5-8,14H,2-4,9-11H2,1H3. The van der Waals surface area contributed by atoms with Gasteiger partial charge in [-0.3, -0.25) is 14.9 Å². The molecule has 0 saturated carbocycles. The number of amides is 1. The summed E-state index contributed by atoms with van der Waals surface area (Å²) in [5, 5.41) is 10.6. The number of carbonyl (C=O) groups is 1. The first-order valence-electron chi connectivity index (χ1n) is 7.27. The summed E-state index contributed by atoms with van der Waals surface area (Å²) in [6, 6.07) is 5.75. The predicted octanol–water partition coefficient (Wildman–Crippen LogP) is 2.63. The highest BCUT2D eigenvalue weighted by Gasteiger charge is 2.23. The third-order valence-corrected chi connectivity index (χ3v) is 3.55. The molecule has 0 N–H and O–H groups in total. The number of carbonyl (C=O) groups excluding carboxylic acids is 1. The lowest BCUT2D eigenvalue weighted by Gasteiger charge is -2.25. The van der Waals surface area contributed by atoms with E-state index in [1.54, 1.807) is 4.90 Å². The minimum Gasteiger partial charge on any atom is -0.376 e. The lowest BCUT2D eigenvalue weighted by molar-refractivity contribution is -0.384. The summed E-state index contributed by atoms with van der Waals surface area (Å²) in [4.78, 5) is 24.5. The second kappa shape index (κ2) is 7.17. The number of hydrogen-bond acceptors (Lipinski definition) is 4. The van der Waals surface area contributed by atoms with Crippen molar-refractivity contribution in [3.63, 3.8) is 0 Å². The largest absolute Gasteiger partial charge is 0.376 e. The highest BCUT2D eigenvalue weighted by atomic mass is 16.6. The van der Waals surface area contributed by atoms with E-state index >= 15 is 0 Å². The zero-order valence-corrected chi connectivity index (χ0v) is 12.2. The Morgan fingerprint density at radius 3 is 2.67 bits per heavy atom.